The lowest BCUT2D eigenvalue weighted by atomic mass is 9.82. The van der Waals surface area contributed by atoms with Crippen LogP contribution in [0, 0.1) is 0 Å². The van der Waals surface area contributed by atoms with Crippen LogP contribution in [0.1, 0.15) is 0 Å². The van der Waals surface area contributed by atoms with E-state index in [1.165, 1.54) is 60.7 Å². The van der Waals surface area contributed by atoms with Crippen molar-refractivity contribution in [3.05, 3.63) is 176 Å². The van der Waals surface area contributed by atoms with Crippen molar-refractivity contribution in [2.24, 2.45) is 0 Å². The van der Waals surface area contributed by atoms with Gasteiger partial charge in [-0.2, -0.15) is 0 Å². The Hall–Kier alpha value is -6.71. The van der Waals surface area contributed by atoms with Gasteiger partial charge in [0.2, 0.25) is 0 Å². The molecule has 0 N–H and O–H groups in total. The second-order valence-corrected chi connectivity index (χ2v) is 12.7. The van der Waals surface area contributed by atoms with Gasteiger partial charge < -0.3 is 0 Å². The number of hydrogen-bond acceptors (Lipinski definition) is 3. The van der Waals surface area contributed by atoms with Gasteiger partial charge in [-0.1, -0.05) is 170 Å². The summed E-state index contributed by atoms with van der Waals surface area (Å²) in [5.41, 5.74) is 12.9. The number of fused-ring (bicyclic) bond motifs is 4. The van der Waals surface area contributed by atoms with Gasteiger partial charge in [0, 0.05) is 16.7 Å². The average Bonchev–Trinajstić information content (AvgIpc) is 3.53. The fourth-order valence-electron chi connectivity index (χ4n) is 7.73. The third kappa shape index (κ3) is 4.41. The predicted molar refractivity (Wildman–Crippen MR) is 206 cm³/mol. The summed E-state index contributed by atoms with van der Waals surface area (Å²) in [4.78, 5) is 15.2. The van der Waals surface area contributed by atoms with Gasteiger partial charge in [-0.25, -0.2) is 15.0 Å². The van der Waals surface area contributed by atoms with Crippen LogP contribution in [0.4, 0.5) is 0 Å². The van der Waals surface area contributed by atoms with Crippen LogP contribution in [-0.2, 0) is 0 Å². The SMILES string of the molecule is c1ccc(-c2nc(-c3ccccc3)nc(-c3ccc4c5c(cccc35)-c3c-4c(-c4ccccc4)c4ccccc4c3-c3ccccc3)n2)cc1. The zero-order chi connectivity index (χ0) is 33.0. The molecule has 1 aromatic heterocycles. The van der Waals surface area contributed by atoms with Gasteiger partial charge in [-0.05, 0) is 72.1 Å². The highest BCUT2D eigenvalue weighted by atomic mass is 15.0. The van der Waals surface area contributed by atoms with Crippen LogP contribution in [-0.4, -0.2) is 15.0 Å². The minimum Gasteiger partial charge on any atom is -0.208 e. The highest BCUT2D eigenvalue weighted by Gasteiger charge is 2.31. The molecule has 1 aliphatic carbocycles. The van der Waals surface area contributed by atoms with Crippen LogP contribution < -0.4 is 0 Å². The van der Waals surface area contributed by atoms with E-state index in [1.54, 1.807) is 0 Å². The molecule has 0 unspecified atom stereocenters. The van der Waals surface area contributed by atoms with Gasteiger partial charge in [0.05, 0.1) is 0 Å². The first kappa shape index (κ1) is 28.3. The van der Waals surface area contributed by atoms with E-state index in [0.29, 0.717) is 17.5 Å². The van der Waals surface area contributed by atoms with Crippen LogP contribution in [0.15, 0.2) is 176 Å². The molecule has 9 aromatic rings. The molecule has 0 atom stereocenters. The Morgan fingerprint density at radius 3 is 1.12 bits per heavy atom. The number of aromatic nitrogens is 3. The maximum atomic E-state index is 5.13. The summed E-state index contributed by atoms with van der Waals surface area (Å²) in [5.74, 6) is 1.98. The quantitative estimate of drug-likeness (QED) is 0.189. The first-order chi connectivity index (χ1) is 24.8. The first-order valence-corrected chi connectivity index (χ1v) is 17.0. The minimum atomic E-state index is 0.657. The Labute approximate surface area is 290 Å². The zero-order valence-corrected chi connectivity index (χ0v) is 27.1. The maximum Gasteiger partial charge on any atom is 0.164 e. The molecule has 8 aromatic carbocycles. The summed E-state index contributed by atoms with van der Waals surface area (Å²) >= 11 is 0. The van der Waals surface area contributed by atoms with Crippen molar-refractivity contribution in [1.29, 1.82) is 0 Å². The summed E-state index contributed by atoms with van der Waals surface area (Å²) in [6, 6.07) is 62.1. The number of nitrogens with zero attached hydrogens (tertiary/aromatic N) is 3. The van der Waals surface area contributed by atoms with E-state index in [9.17, 15) is 0 Å². The largest absolute Gasteiger partial charge is 0.208 e. The van der Waals surface area contributed by atoms with Gasteiger partial charge >= 0.3 is 0 Å². The van der Waals surface area contributed by atoms with Gasteiger partial charge in [0.15, 0.2) is 17.5 Å². The molecule has 0 saturated carbocycles. The smallest absolute Gasteiger partial charge is 0.164 e. The maximum absolute atomic E-state index is 5.13. The van der Waals surface area contributed by atoms with E-state index in [0.717, 1.165) is 22.1 Å². The lowest BCUT2D eigenvalue weighted by molar-refractivity contribution is 1.08. The van der Waals surface area contributed by atoms with Crippen LogP contribution in [0.5, 0.6) is 0 Å². The van der Waals surface area contributed by atoms with Crippen molar-refractivity contribution in [2.45, 2.75) is 0 Å². The van der Waals surface area contributed by atoms with Crippen molar-refractivity contribution in [1.82, 2.24) is 15.0 Å². The van der Waals surface area contributed by atoms with E-state index < -0.39 is 0 Å². The molecular weight excluding hydrogens is 607 g/mol. The van der Waals surface area contributed by atoms with Crippen LogP contribution in [0.3, 0.4) is 0 Å². The topological polar surface area (TPSA) is 38.7 Å². The molecule has 1 aliphatic rings. The van der Waals surface area contributed by atoms with Crippen molar-refractivity contribution in [2.75, 3.05) is 0 Å². The zero-order valence-electron chi connectivity index (χ0n) is 27.1. The van der Waals surface area contributed by atoms with E-state index in [4.69, 9.17) is 15.0 Å². The molecule has 3 nitrogen and oxygen atoms in total. The van der Waals surface area contributed by atoms with Crippen LogP contribution in [0.2, 0.25) is 0 Å². The number of hydrogen-bond donors (Lipinski definition) is 0. The Balaban J connectivity index is 1.30. The van der Waals surface area contributed by atoms with Crippen molar-refractivity contribution in [3.63, 3.8) is 0 Å². The summed E-state index contributed by atoms with van der Waals surface area (Å²) in [6.45, 7) is 0. The standard InChI is InChI=1S/C47H29N3/c1-5-16-30(17-6-1)40-34-24-13-14-25-35(34)41(31-18-7-2-8-19-31)44-39-29-28-37(36-26-15-27-38(42(36)39)43(40)44)47-49-45(32-20-9-3-10-21-32)48-46(50-47)33-22-11-4-12-23-33/h1-29H. The highest BCUT2D eigenvalue weighted by molar-refractivity contribution is 6.28. The monoisotopic (exact) mass is 635 g/mol. The Bertz CT molecular complexity index is 2570. The fourth-order valence-corrected chi connectivity index (χ4v) is 7.73. The molecule has 1 heterocycles. The van der Waals surface area contributed by atoms with Gasteiger partial charge in [-0.15, -0.1) is 0 Å². The summed E-state index contributed by atoms with van der Waals surface area (Å²) in [7, 11) is 0. The molecule has 10 rings (SSSR count). The first-order valence-electron chi connectivity index (χ1n) is 17.0. The third-order valence-electron chi connectivity index (χ3n) is 9.86. The Morgan fingerprint density at radius 2 is 0.620 bits per heavy atom. The molecule has 0 spiro atoms. The van der Waals surface area contributed by atoms with E-state index in [1.807, 2.05) is 36.4 Å². The van der Waals surface area contributed by atoms with Crippen LogP contribution >= 0.6 is 0 Å². The molecule has 3 heteroatoms. The average molecular weight is 636 g/mol. The molecule has 50 heavy (non-hydrogen) atoms. The lowest BCUT2D eigenvalue weighted by Gasteiger charge is -2.20. The Kier molecular flexibility index (Phi) is 6.49. The van der Waals surface area contributed by atoms with Crippen molar-refractivity contribution in [3.8, 4) is 78.7 Å². The van der Waals surface area contributed by atoms with Gasteiger partial charge in [0.1, 0.15) is 0 Å². The van der Waals surface area contributed by atoms with Gasteiger partial charge in [-0.3, -0.25) is 0 Å². The normalized spacial score (nSPS) is 11.6. The third-order valence-corrected chi connectivity index (χ3v) is 9.86. The van der Waals surface area contributed by atoms with E-state index in [2.05, 4.69) is 140 Å². The fraction of sp³-hybridized carbons (Fsp3) is 0. The summed E-state index contributed by atoms with van der Waals surface area (Å²) in [6.07, 6.45) is 0. The van der Waals surface area contributed by atoms with Crippen molar-refractivity contribution >= 4 is 21.5 Å². The number of benzene rings is 8. The minimum absolute atomic E-state index is 0.657. The Morgan fingerprint density at radius 1 is 0.240 bits per heavy atom. The predicted octanol–water partition coefficient (Wildman–Crippen LogP) is 12.2. The molecule has 0 bridgehead atoms. The molecule has 0 amide bonds. The molecular formula is C47H29N3. The molecule has 0 radical (unpaired) electrons. The second-order valence-electron chi connectivity index (χ2n) is 12.7. The summed E-state index contributed by atoms with van der Waals surface area (Å²) < 4.78 is 0. The molecule has 0 aliphatic heterocycles. The summed E-state index contributed by atoms with van der Waals surface area (Å²) in [5, 5.41) is 4.85. The van der Waals surface area contributed by atoms with Crippen molar-refractivity contribution < 1.29 is 0 Å². The lowest BCUT2D eigenvalue weighted by Crippen LogP contribution is -2.00. The van der Waals surface area contributed by atoms with E-state index in [-0.39, 0.29) is 0 Å². The highest BCUT2D eigenvalue weighted by Crippen LogP contribution is 2.58. The molecule has 232 valence electrons. The molecule has 0 saturated heterocycles. The van der Waals surface area contributed by atoms with Crippen LogP contribution in [0.25, 0.3) is 100 Å². The number of rotatable bonds is 5. The van der Waals surface area contributed by atoms with E-state index >= 15 is 0 Å². The second kappa shape index (κ2) is 11.5. The molecule has 0 fully saturated rings. The van der Waals surface area contributed by atoms with Gasteiger partial charge in [0.25, 0.3) is 0 Å².